The zero-order chi connectivity index (χ0) is 18.5. The molecule has 2 aromatic carbocycles. The lowest BCUT2D eigenvalue weighted by Gasteiger charge is -2.03. The number of aliphatic imine (C=N–C) groups is 1. The smallest absolute Gasteiger partial charge is 0.363 e. The van der Waals surface area contributed by atoms with Crippen LogP contribution in [0.15, 0.2) is 59.2 Å². The highest BCUT2D eigenvalue weighted by molar-refractivity contribution is 6.11. The van der Waals surface area contributed by atoms with Crippen molar-refractivity contribution in [3.63, 3.8) is 0 Å². The average molecular weight is 351 g/mol. The molecule has 0 atom stereocenters. The number of ether oxygens (including phenoxy) is 3. The number of phenolic OH excluding ortho intramolecular Hbond substituents is 1. The van der Waals surface area contributed by atoms with Crippen LogP contribution in [-0.2, 0) is 9.53 Å². The highest BCUT2D eigenvalue weighted by Gasteiger charge is 2.21. The van der Waals surface area contributed by atoms with Crippen molar-refractivity contribution in [1.82, 2.24) is 0 Å². The predicted octanol–water partition coefficient (Wildman–Crippen LogP) is 3.42. The molecule has 0 spiro atoms. The molecule has 6 heteroatoms. The summed E-state index contributed by atoms with van der Waals surface area (Å²) in [7, 11) is 3.06. The van der Waals surface area contributed by atoms with Crippen molar-refractivity contribution < 1.29 is 24.1 Å². The van der Waals surface area contributed by atoms with Crippen molar-refractivity contribution >= 4 is 24.0 Å². The fraction of sp³-hybridized carbons (Fsp3) is 0.100. The van der Waals surface area contributed by atoms with Crippen LogP contribution in [0, 0.1) is 0 Å². The summed E-state index contributed by atoms with van der Waals surface area (Å²) < 4.78 is 15.3. The first kappa shape index (κ1) is 17.3. The van der Waals surface area contributed by atoms with Crippen molar-refractivity contribution in [2.24, 2.45) is 4.99 Å². The second-order valence-electron chi connectivity index (χ2n) is 5.41. The Kier molecular flexibility index (Phi) is 5.03. The Labute approximate surface area is 150 Å². The Bertz CT molecular complexity index is 910. The first-order valence-corrected chi connectivity index (χ1v) is 7.81. The Balaban J connectivity index is 1.78. The quantitative estimate of drug-likeness (QED) is 0.660. The molecule has 1 aliphatic rings. The van der Waals surface area contributed by atoms with Crippen LogP contribution in [0.1, 0.15) is 11.1 Å². The number of nitrogens with zero attached hydrogens (tertiary/aromatic N) is 1. The molecule has 0 amide bonds. The Morgan fingerprint density at radius 1 is 1.00 bits per heavy atom. The molecule has 0 bridgehead atoms. The maximum atomic E-state index is 12.0. The molecular weight excluding hydrogens is 334 g/mol. The lowest BCUT2D eigenvalue weighted by molar-refractivity contribution is -0.129. The summed E-state index contributed by atoms with van der Waals surface area (Å²) in [5.74, 6) is 0.778. The number of phenols is 1. The fourth-order valence-electron chi connectivity index (χ4n) is 2.32. The monoisotopic (exact) mass is 351 g/mol. The van der Waals surface area contributed by atoms with Crippen LogP contribution in [0.25, 0.3) is 12.2 Å². The minimum atomic E-state index is -0.536. The topological polar surface area (TPSA) is 77.4 Å². The Hall–Kier alpha value is -3.54. The third-order valence-electron chi connectivity index (χ3n) is 3.68. The van der Waals surface area contributed by atoms with Gasteiger partial charge in [0, 0.05) is 6.08 Å². The Morgan fingerprint density at radius 2 is 1.73 bits per heavy atom. The standard InChI is InChI=1S/C20H17NO5/c1-24-15-7-3-13(4-8-15)6-10-19-21-16(20(23)26-19)11-14-5-9-17(22)18(12-14)25-2/h3-12,22H,1-2H3. The third kappa shape index (κ3) is 3.92. The molecule has 0 aliphatic carbocycles. The number of benzene rings is 2. The lowest BCUT2D eigenvalue weighted by atomic mass is 10.1. The van der Waals surface area contributed by atoms with Gasteiger partial charge in [-0.25, -0.2) is 9.79 Å². The van der Waals surface area contributed by atoms with Crippen LogP contribution < -0.4 is 9.47 Å². The molecule has 0 saturated heterocycles. The van der Waals surface area contributed by atoms with Gasteiger partial charge in [-0.15, -0.1) is 0 Å². The van der Waals surface area contributed by atoms with Gasteiger partial charge in [-0.1, -0.05) is 18.2 Å². The number of carbonyl (C=O) groups excluding carboxylic acids is 1. The SMILES string of the molecule is COc1ccc(C=CC2=NC(=Cc3ccc(O)c(OC)c3)C(=O)O2)cc1. The average Bonchev–Trinajstić information content (AvgIpc) is 3.01. The number of esters is 1. The molecular formula is C20H17NO5. The number of hydrogen-bond acceptors (Lipinski definition) is 6. The molecule has 1 heterocycles. The first-order chi connectivity index (χ1) is 12.6. The lowest BCUT2D eigenvalue weighted by Crippen LogP contribution is -2.01. The number of hydrogen-bond donors (Lipinski definition) is 1. The van der Waals surface area contributed by atoms with Gasteiger partial charge < -0.3 is 19.3 Å². The van der Waals surface area contributed by atoms with Crippen molar-refractivity contribution in [2.75, 3.05) is 14.2 Å². The van der Waals surface area contributed by atoms with Crippen LogP contribution in [-0.4, -0.2) is 31.2 Å². The van der Waals surface area contributed by atoms with Crippen molar-refractivity contribution in [2.45, 2.75) is 0 Å². The normalized spacial score (nSPS) is 15.2. The highest BCUT2D eigenvalue weighted by atomic mass is 16.6. The molecule has 0 fully saturated rings. The molecule has 0 radical (unpaired) electrons. The molecule has 0 unspecified atom stereocenters. The van der Waals surface area contributed by atoms with Crippen LogP contribution in [0.3, 0.4) is 0 Å². The summed E-state index contributed by atoms with van der Waals surface area (Å²) in [6.07, 6.45) is 4.98. The van der Waals surface area contributed by atoms with E-state index in [-0.39, 0.29) is 17.3 Å². The maximum absolute atomic E-state index is 12.0. The maximum Gasteiger partial charge on any atom is 0.363 e. The zero-order valence-electron chi connectivity index (χ0n) is 14.3. The first-order valence-electron chi connectivity index (χ1n) is 7.81. The minimum absolute atomic E-state index is 0.0234. The van der Waals surface area contributed by atoms with Gasteiger partial charge in [0.1, 0.15) is 5.75 Å². The molecule has 6 nitrogen and oxygen atoms in total. The van der Waals surface area contributed by atoms with Gasteiger partial charge in [-0.2, -0.15) is 0 Å². The molecule has 3 rings (SSSR count). The summed E-state index contributed by atoms with van der Waals surface area (Å²) in [5.41, 5.74) is 1.76. The molecule has 0 saturated carbocycles. The van der Waals surface area contributed by atoms with Gasteiger partial charge in [-0.3, -0.25) is 0 Å². The van der Waals surface area contributed by atoms with E-state index in [0.29, 0.717) is 11.3 Å². The van der Waals surface area contributed by atoms with E-state index < -0.39 is 5.97 Å². The van der Waals surface area contributed by atoms with E-state index in [1.54, 1.807) is 37.5 Å². The third-order valence-corrected chi connectivity index (χ3v) is 3.68. The number of carbonyl (C=O) groups is 1. The summed E-state index contributed by atoms with van der Waals surface area (Å²) in [4.78, 5) is 16.2. The highest BCUT2D eigenvalue weighted by Crippen LogP contribution is 2.28. The number of cyclic esters (lactones) is 1. The summed E-state index contributed by atoms with van der Waals surface area (Å²) in [6.45, 7) is 0. The summed E-state index contributed by atoms with van der Waals surface area (Å²) in [6, 6.07) is 12.2. The molecule has 0 aromatic heterocycles. The predicted molar refractivity (Wildman–Crippen MR) is 98.2 cm³/mol. The summed E-state index contributed by atoms with van der Waals surface area (Å²) in [5, 5.41) is 9.62. The molecule has 1 aliphatic heterocycles. The van der Waals surface area contributed by atoms with E-state index in [4.69, 9.17) is 14.2 Å². The molecule has 132 valence electrons. The molecule has 2 aromatic rings. The van der Waals surface area contributed by atoms with Gasteiger partial charge in [-0.05, 0) is 47.5 Å². The minimum Gasteiger partial charge on any atom is -0.504 e. The number of rotatable bonds is 5. The molecule has 26 heavy (non-hydrogen) atoms. The van der Waals surface area contributed by atoms with Gasteiger partial charge in [0.2, 0.25) is 5.90 Å². The van der Waals surface area contributed by atoms with Gasteiger partial charge >= 0.3 is 5.97 Å². The van der Waals surface area contributed by atoms with Gasteiger partial charge in [0.25, 0.3) is 0 Å². The zero-order valence-corrected chi connectivity index (χ0v) is 14.3. The van der Waals surface area contributed by atoms with Crippen molar-refractivity contribution in [1.29, 1.82) is 0 Å². The van der Waals surface area contributed by atoms with Gasteiger partial charge in [0.15, 0.2) is 17.2 Å². The molecule has 1 N–H and O–H groups in total. The van der Waals surface area contributed by atoms with Crippen LogP contribution in [0.5, 0.6) is 17.2 Å². The van der Waals surface area contributed by atoms with E-state index in [2.05, 4.69) is 4.99 Å². The summed E-state index contributed by atoms with van der Waals surface area (Å²) >= 11 is 0. The van der Waals surface area contributed by atoms with Crippen molar-refractivity contribution in [3.05, 3.63) is 65.4 Å². The van der Waals surface area contributed by atoms with Crippen LogP contribution >= 0.6 is 0 Å². The van der Waals surface area contributed by atoms with E-state index >= 15 is 0 Å². The van der Waals surface area contributed by atoms with Crippen molar-refractivity contribution in [3.8, 4) is 17.2 Å². The van der Waals surface area contributed by atoms with E-state index in [0.717, 1.165) is 11.3 Å². The van der Waals surface area contributed by atoms with Crippen LogP contribution in [0.4, 0.5) is 0 Å². The second kappa shape index (κ2) is 7.57. The van der Waals surface area contributed by atoms with E-state index in [1.807, 2.05) is 24.3 Å². The van der Waals surface area contributed by atoms with Gasteiger partial charge in [0.05, 0.1) is 14.2 Å². The van der Waals surface area contributed by atoms with Crippen LogP contribution in [0.2, 0.25) is 0 Å². The van der Waals surface area contributed by atoms with E-state index in [9.17, 15) is 9.90 Å². The second-order valence-corrected chi connectivity index (χ2v) is 5.41. The Morgan fingerprint density at radius 3 is 2.42 bits per heavy atom. The fourth-order valence-corrected chi connectivity index (χ4v) is 2.32. The number of methoxy groups -OCH3 is 2. The van der Waals surface area contributed by atoms with E-state index in [1.165, 1.54) is 13.2 Å². The largest absolute Gasteiger partial charge is 0.504 e. The number of aromatic hydroxyl groups is 1.